The first-order valence-electron chi connectivity index (χ1n) is 7.29. The highest BCUT2D eigenvalue weighted by atomic mass is 16.5. The van der Waals surface area contributed by atoms with Crippen LogP contribution >= 0.6 is 0 Å². The lowest BCUT2D eigenvalue weighted by atomic mass is 9.87. The molecule has 0 aromatic heterocycles. The molecule has 114 valence electrons. The van der Waals surface area contributed by atoms with Crippen LogP contribution in [0.1, 0.15) is 19.8 Å². The molecule has 0 spiro atoms. The van der Waals surface area contributed by atoms with Gasteiger partial charge in [0.25, 0.3) is 0 Å². The standard InChI is InChI=1S/C14H24N2O4/c1-10(13(17)18)12-7-16(8-12)14(19)15(2)6-11-4-3-5-20-9-11/h10-12H,3-9H2,1-2H3,(H,17,18). The van der Waals surface area contributed by atoms with Crippen LogP contribution < -0.4 is 0 Å². The molecule has 0 aromatic carbocycles. The molecule has 2 amide bonds. The van der Waals surface area contributed by atoms with Crippen LogP contribution in [-0.2, 0) is 9.53 Å². The predicted octanol–water partition coefficient (Wildman–Crippen LogP) is 1.12. The van der Waals surface area contributed by atoms with Crippen molar-refractivity contribution in [3.8, 4) is 0 Å². The third kappa shape index (κ3) is 3.42. The van der Waals surface area contributed by atoms with Crippen molar-refractivity contribution >= 4 is 12.0 Å². The van der Waals surface area contributed by atoms with Crippen molar-refractivity contribution in [2.75, 3.05) is 39.9 Å². The second-order valence-corrected chi connectivity index (χ2v) is 6.04. The summed E-state index contributed by atoms with van der Waals surface area (Å²) >= 11 is 0. The second kappa shape index (κ2) is 6.43. The zero-order valence-electron chi connectivity index (χ0n) is 12.2. The highest BCUT2D eigenvalue weighted by Gasteiger charge is 2.38. The van der Waals surface area contributed by atoms with Crippen molar-refractivity contribution in [3.63, 3.8) is 0 Å². The molecule has 2 aliphatic heterocycles. The normalized spacial score (nSPS) is 24.9. The summed E-state index contributed by atoms with van der Waals surface area (Å²) in [5.41, 5.74) is 0. The predicted molar refractivity (Wildman–Crippen MR) is 73.4 cm³/mol. The maximum atomic E-state index is 12.2. The smallest absolute Gasteiger partial charge is 0.319 e. The van der Waals surface area contributed by atoms with Gasteiger partial charge in [-0.1, -0.05) is 6.92 Å². The number of hydrogen-bond donors (Lipinski definition) is 1. The molecule has 6 heteroatoms. The minimum atomic E-state index is -0.783. The topological polar surface area (TPSA) is 70.1 Å². The number of carboxylic acid groups (broad SMARTS) is 1. The highest BCUT2D eigenvalue weighted by molar-refractivity contribution is 5.76. The largest absolute Gasteiger partial charge is 0.481 e. The van der Waals surface area contributed by atoms with Crippen molar-refractivity contribution in [2.24, 2.45) is 17.8 Å². The number of rotatable bonds is 4. The lowest BCUT2D eigenvalue weighted by Gasteiger charge is -2.43. The Morgan fingerprint density at radius 3 is 2.70 bits per heavy atom. The minimum Gasteiger partial charge on any atom is -0.481 e. The summed E-state index contributed by atoms with van der Waals surface area (Å²) in [4.78, 5) is 26.5. The number of nitrogens with zero attached hydrogens (tertiary/aromatic N) is 2. The van der Waals surface area contributed by atoms with Gasteiger partial charge < -0.3 is 19.6 Å². The lowest BCUT2D eigenvalue weighted by Crippen LogP contribution is -2.57. The van der Waals surface area contributed by atoms with Crippen LogP contribution in [0.25, 0.3) is 0 Å². The van der Waals surface area contributed by atoms with Crippen LogP contribution in [0, 0.1) is 17.8 Å². The van der Waals surface area contributed by atoms with Crippen LogP contribution in [0.3, 0.4) is 0 Å². The van der Waals surface area contributed by atoms with Gasteiger partial charge in [0, 0.05) is 45.1 Å². The van der Waals surface area contributed by atoms with Gasteiger partial charge in [0.2, 0.25) is 0 Å². The molecule has 0 saturated carbocycles. The van der Waals surface area contributed by atoms with Crippen LogP contribution in [0.5, 0.6) is 0 Å². The fraction of sp³-hybridized carbons (Fsp3) is 0.857. The van der Waals surface area contributed by atoms with Gasteiger partial charge in [-0.05, 0) is 12.8 Å². The molecule has 2 rings (SSSR count). The summed E-state index contributed by atoms with van der Waals surface area (Å²) < 4.78 is 5.42. The first-order chi connectivity index (χ1) is 9.49. The molecule has 0 aromatic rings. The summed E-state index contributed by atoms with van der Waals surface area (Å²) in [7, 11) is 1.81. The van der Waals surface area contributed by atoms with E-state index >= 15 is 0 Å². The van der Waals surface area contributed by atoms with Crippen molar-refractivity contribution in [1.29, 1.82) is 0 Å². The van der Waals surface area contributed by atoms with Gasteiger partial charge in [-0.3, -0.25) is 4.79 Å². The first-order valence-corrected chi connectivity index (χ1v) is 7.29. The van der Waals surface area contributed by atoms with Crippen molar-refractivity contribution in [3.05, 3.63) is 0 Å². The number of ether oxygens (including phenoxy) is 1. The summed E-state index contributed by atoms with van der Waals surface area (Å²) in [6.07, 6.45) is 2.17. The molecule has 2 atom stereocenters. The van der Waals surface area contributed by atoms with E-state index in [0.29, 0.717) is 25.6 Å². The minimum absolute atomic E-state index is 0.00409. The van der Waals surface area contributed by atoms with E-state index < -0.39 is 5.97 Å². The second-order valence-electron chi connectivity index (χ2n) is 6.04. The van der Waals surface area contributed by atoms with Gasteiger partial charge in [-0.25, -0.2) is 4.79 Å². The summed E-state index contributed by atoms with van der Waals surface area (Å²) in [6, 6.07) is 0.00409. The fourth-order valence-electron chi connectivity index (χ4n) is 2.84. The molecule has 2 aliphatic rings. The summed E-state index contributed by atoms with van der Waals surface area (Å²) in [5, 5.41) is 8.94. The molecule has 2 saturated heterocycles. The van der Waals surface area contributed by atoms with Crippen molar-refractivity contribution in [1.82, 2.24) is 9.80 Å². The number of amides is 2. The SMILES string of the molecule is CC(C(=O)O)C1CN(C(=O)N(C)CC2CCCOC2)C1. The Morgan fingerprint density at radius 1 is 1.45 bits per heavy atom. The van der Waals surface area contributed by atoms with Gasteiger partial charge in [-0.2, -0.15) is 0 Å². The number of urea groups is 1. The molecule has 0 radical (unpaired) electrons. The number of likely N-dealkylation sites (tertiary alicyclic amines) is 1. The zero-order valence-corrected chi connectivity index (χ0v) is 12.2. The molecular formula is C14H24N2O4. The molecule has 0 aliphatic carbocycles. The van der Waals surface area contributed by atoms with Crippen LogP contribution in [0.15, 0.2) is 0 Å². The van der Waals surface area contributed by atoms with Crippen LogP contribution in [0.2, 0.25) is 0 Å². The third-order valence-electron chi connectivity index (χ3n) is 4.39. The lowest BCUT2D eigenvalue weighted by molar-refractivity contribution is -0.144. The van der Waals surface area contributed by atoms with Crippen LogP contribution in [-0.4, -0.2) is 66.8 Å². The molecule has 20 heavy (non-hydrogen) atoms. The monoisotopic (exact) mass is 284 g/mol. The van der Waals surface area contributed by atoms with E-state index in [2.05, 4.69) is 0 Å². The van der Waals surface area contributed by atoms with Gasteiger partial charge in [0.15, 0.2) is 0 Å². The average molecular weight is 284 g/mol. The molecule has 6 nitrogen and oxygen atoms in total. The third-order valence-corrected chi connectivity index (χ3v) is 4.39. The summed E-state index contributed by atoms with van der Waals surface area (Å²) in [5.74, 6) is -0.651. The Hall–Kier alpha value is -1.30. The van der Waals surface area contributed by atoms with E-state index in [-0.39, 0.29) is 17.9 Å². The Labute approximate surface area is 119 Å². The first kappa shape index (κ1) is 15.1. The Bertz CT molecular complexity index is 362. The van der Waals surface area contributed by atoms with Gasteiger partial charge in [0.05, 0.1) is 12.5 Å². The molecule has 2 unspecified atom stereocenters. The van der Waals surface area contributed by atoms with Crippen molar-refractivity contribution in [2.45, 2.75) is 19.8 Å². The van der Waals surface area contributed by atoms with Gasteiger partial charge >= 0.3 is 12.0 Å². The number of aliphatic carboxylic acids is 1. The molecular weight excluding hydrogens is 260 g/mol. The molecule has 2 fully saturated rings. The van der Waals surface area contributed by atoms with E-state index in [1.54, 1.807) is 16.7 Å². The molecule has 2 heterocycles. The fourth-order valence-corrected chi connectivity index (χ4v) is 2.84. The summed E-state index contributed by atoms with van der Waals surface area (Å²) in [6.45, 7) is 5.09. The molecule has 0 bridgehead atoms. The average Bonchev–Trinajstić information content (AvgIpc) is 2.37. The number of carbonyl (C=O) groups is 2. The van der Waals surface area contributed by atoms with E-state index in [1.165, 1.54) is 0 Å². The van der Waals surface area contributed by atoms with Crippen LogP contribution in [0.4, 0.5) is 4.79 Å². The Balaban J connectivity index is 1.73. The maximum absolute atomic E-state index is 12.2. The number of hydrogen-bond acceptors (Lipinski definition) is 3. The van der Waals surface area contributed by atoms with E-state index in [1.807, 2.05) is 7.05 Å². The maximum Gasteiger partial charge on any atom is 0.319 e. The quantitative estimate of drug-likeness (QED) is 0.840. The molecule has 1 N–H and O–H groups in total. The van der Waals surface area contributed by atoms with Gasteiger partial charge in [-0.15, -0.1) is 0 Å². The number of carbonyl (C=O) groups excluding carboxylic acids is 1. The van der Waals surface area contributed by atoms with Gasteiger partial charge in [0.1, 0.15) is 0 Å². The van der Waals surface area contributed by atoms with E-state index in [0.717, 1.165) is 26.1 Å². The van der Waals surface area contributed by atoms with E-state index in [4.69, 9.17) is 9.84 Å². The number of carboxylic acids is 1. The Morgan fingerprint density at radius 2 is 2.15 bits per heavy atom. The highest BCUT2D eigenvalue weighted by Crippen LogP contribution is 2.25. The zero-order chi connectivity index (χ0) is 14.7. The van der Waals surface area contributed by atoms with Crippen molar-refractivity contribution < 1.29 is 19.4 Å². The van der Waals surface area contributed by atoms with E-state index in [9.17, 15) is 9.59 Å². The Kier molecular flexibility index (Phi) is 4.86.